The highest BCUT2D eigenvalue weighted by Crippen LogP contribution is 2.20. The van der Waals surface area contributed by atoms with Crippen LogP contribution in [0.4, 0.5) is 0 Å². The third-order valence-electron chi connectivity index (χ3n) is 3.22. The summed E-state index contributed by atoms with van der Waals surface area (Å²) in [6.45, 7) is 4.38. The Morgan fingerprint density at radius 3 is 3.11 bits per heavy atom. The molecule has 1 aliphatic rings. The second kappa shape index (κ2) is 5.90. The van der Waals surface area contributed by atoms with Crippen LogP contribution in [0.3, 0.4) is 0 Å². The van der Waals surface area contributed by atoms with E-state index in [1.165, 1.54) is 7.11 Å². The normalized spacial score (nSPS) is 20.2. The molecule has 1 saturated heterocycles. The van der Waals surface area contributed by atoms with Crippen molar-refractivity contribution in [3.05, 3.63) is 5.82 Å². The summed E-state index contributed by atoms with van der Waals surface area (Å²) in [4.78, 5) is 13.7. The Morgan fingerprint density at radius 1 is 1.56 bits per heavy atom. The number of carbonyl (C=O) groups excluding carboxylic acids is 1. The van der Waals surface area contributed by atoms with Gasteiger partial charge in [0, 0.05) is 6.54 Å². The molecular weight excluding hydrogens is 234 g/mol. The molecule has 1 aromatic rings. The maximum Gasteiger partial charge on any atom is 0.323 e. The molecule has 0 amide bonds. The Kier molecular flexibility index (Phi) is 4.24. The molecule has 1 atom stereocenters. The Hall–Kier alpha value is -1.50. The highest BCUT2D eigenvalue weighted by Gasteiger charge is 2.32. The van der Waals surface area contributed by atoms with Gasteiger partial charge in [-0.05, 0) is 36.2 Å². The lowest BCUT2D eigenvalue weighted by Gasteiger charge is -2.21. The quantitative estimate of drug-likeness (QED) is 0.699. The van der Waals surface area contributed by atoms with Crippen LogP contribution in [0.2, 0.25) is 0 Å². The fraction of sp³-hybridized carbons (Fsp3) is 0.818. The van der Waals surface area contributed by atoms with Crippen LogP contribution in [0.5, 0.6) is 0 Å². The first kappa shape index (κ1) is 12.9. The number of aryl methyl sites for hydroxylation is 1. The van der Waals surface area contributed by atoms with Gasteiger partial charge in [-0.15, -0.1) is 5.10 Å². The fourth-order valence-electron chi connectivity index (χ4n) is 2.32. The molecule has 1 aromatic heterocycles. The third-order valence-corrected chi connectivity index (χ3v) is 3.22. The van der Waals surface area contributed by atoms with Crippen molar-refractivity contribution in [1.82, 2.24) is 25.1 Å². The van der Waals surface area contributed by atoms with Crippen molar-refractivity contribution in [2.75, 3.05) is 13.7 Å². The Bertz CT molecular complexity index is 406. The molecule has 1 aliphatic heterocycles. The largest absolute Gasteiger partial charge is 0.468 e. The topological polar surface area (TPSA) is 73.1 Å². The second-order valence-electron chi connectivity index (χ2n) is 4.47. The van der Waals surface area contributed by atoms with E-state index in [0.717, 1.165) is 38.2 Å². The summed E-state index contributed by atoms with van der Waals surface area (Å²) < 4.78 is 6.62. The standard InChI is InChI=1S/C11H19N5O2/c1-3-6-16-10(12-13-14-16)8-15-7-4-5-9(15)11(17)18-2/h9H,3-8H2,1-2H3. The average molecular weight is 253 g/mol. The van der Waals surface area contributed by atoms with Crippen LogP contribution in [-0.2, 0) is 22.6 Å². The van der Waals surface area contributed by atoms with E-state index in [0.29, 0.717) is 6.54 Å². The predicted molar refractivity (Wildman–Crippen MR) is 63.6 cm³/mol. The third kappa shape index (κ3) is 2.66. The van der Waals surface area contributed by atoms with E-state index in [-0.39, 0.29) is 12.0 Å². The molecule has 7 nitrogen and oxygen atoms in total. The number of hydrogen-bond donors (Lipinski definition) is 0. The Balaban J connectivity index is 2.03. The van der Waals surface area contributed by atoms with Gasteiger partial charge in [-0.1, -0.05) is 6.92 Å². The van der Waals surface area contributed by atoms with Crippen LogP contribution in [0, 0.1) is 0 Å². The number of esters is 1. The first-order valence-corrected chi connectivity index (χ1v) is 6.33. The van der Waals surface area contributed by atoms with Crippen molar-refractivity contribution < 1.29 is 9.53 Å². The predicted octanol–water partition coefficient (Wildman–Crippen LogP) is 0.220. The van der Waals surface area contributed by atoms with Crippen molar-refractivity contribution in [3.8, 4) is 0 Å². The van der Waals surface area contributed by atoms with Gasteiger partial charge in [0.15, 0.2) is 5.82 Å². The van der Waals surface area contributed by atoms with E-state index in [4.69, 9.17) is 4.74 Å². The van der Waals surface area contributed by atoms with Crippen molar-refractivity contribution in [3.63, 3.8) is 0 Å². The van der Waals surface area contributed by atoms with Gasteiger partial charge in [-0.2, -0.15) is 0 Å². The summed E-state index contributed by atoms with van der Waals surface area (Å²) in [7, 11) is 1.43. The SMILES string of the molecule is CCCn1nnnc1CN1CCCC1C(=O)OC. The lowest BCUT2D eigenvalue weighted by atomic mass is 10.2. The van der Waals surface area contributed by atoms with E-state index >= 15 is 0 Å². The number of methoxy groups -OCH3 is 1. The summed E-state index contributed by atoms with van der Waals surface area (Å²) in [6, 6.07) is -0.151. The van der Waals surface area contributed by atoms with Gasteiger partial charge in [0.25, 0.3) is 0 Å². The molecule has 18 heavy (non-hydrogen) atoms. The molecular formula is C11H19N5O2. The number of aromatic nitrogens is 4. The minimum atomic E-state index is -0.165. The molecule has 0 aliphatic carbocycles. The molecule has 2 rings (SSSR count). The minimum absolute atomic E-state index is 0.151. The van der Waals surface area contributed by atoms with Gasteiger partial charge >= 0.3 is 5.97 Å². The molecule has 1 unspecified atom stereocenters. The molecule has 0 spiro atoms. The molecule has 0 radical (unpaired) electrons. The highest BCUT2D eigenvalue weighted by atomic mass is 16.5. The van der Waals surface area contributed by atoms with E-state index in [9.17, 15) is 4.79 Å². The van der Waals surface area contributed by atoms with Gasteiger partial charge in [0.05, 0.1) is 13.7 Å². The zero-order valence-corrected chi connectivity index (χ0v) is 10.9. The first-order chi connectivity index (χ1) is 8.76. The number of ether oxygens (including phenoxy) is 1. The van der Waals surface area contributed by atoms with Gasteiger partial charge < -0.3 is 4.74 Å². The zero-order chi connectivity index (χ0) is 13.0. The number of carbonyl (C=O) groups is 1. The van der Waals surface area contributed by atoms with E-state index in [1.807, 2.05) is 0 Å². The smallest absolute Gasteiger partial charge is 0.323 e. The molecule has 0 aromatic carbocycles. The van der Waals surface area contributed by atoms with Crippen LogP contribution >= 0.6 is 0 Å². The van der Waals surface area contributed by atoms with Crippen molar-refractivity contribution in [2.45, 2.75) is 45.3 Å². The average Bonchev–Trinajstić information content (AvgIpc) is 3.00. The zero-order valence-electron chi connectivity index (χ0n) is 10.9. The van der Waals surface area contributed by atoms with Crippen molar-refractivity contribution in [2.24, 2.45) is 0 Å². The summed E-state index contributed by atoms with van der Waals surface area (Å²) in [6.07, 6.45) is 2.84. The lowest BCUT2D eigenvalue weighted by Crippen LogP contribution is -2.37. The van der Waals surface area contributed by atoms with E-state index in [2.05, 4.69) is 27.3 Å². The van der Waals surface area contributed by atoms with Crippen molar-refractivity contribution >= 4 is 5.97 Å². The van der Waals surface area contributed by atoms with Gasteiger partial charge in [0.2, 0.25) is 0 Å². The van der Waals surface area contributed by atoms with Crippen LogP contribution in [0.25, 0.3) is 0 Å². The van der Waals surface area contributed by atoms with Crippen LogP contribution in [0.1, 0.15) is 32.0 Å². The monoisotopic (exact) mass is 253 g/mol. The van der Waals surface area contributed by atoms with E-state index in [1.54, 1.807) is 4.68 Å². The maximum atomic E-state index is 11.6. The van der Waals surface area contributed by atoms with Crippen molar-refractivity contribution in [1.29, 1.82) is 0 Å². The van der Waals surface area contributed by atoms with Gasteiger partial charge in [0.1, 0.15) is 6.04 Å². The summed E-state index contributed by atoms with van der Waals surface area (Å²) >= 11 is 0. The van der Waals surface area contributed by atoms with Gasteiger partial charge in [-0.3, -0.25) is 9.69 Å². The number of hydrogen-bond acceptors (Lipinski definition) is 6. The van der Waals surface area contributed by atoms with Gasteiger partial charge in [-0.25, -0.2) is 4.68 Å². The van der Waals surface area contributed by atoms with Crippen LogP contribution < -0.4 is 0 Å². The second-order valence-corrected chi connectivity index (χ2v) is 4.47. The number of rotatable bonds is 5. The molecule has 0 N–H and O–H groups in total. The summed E-state index contributed by atoms with van der Waals surface area (Å²) in [5, 5.41) is 11.7. The molecule has 0 saturated carbocycles. The minimum Gasteiger partial charge on any atom is -0.468 e. The summed E-state index contributed by atoms with van der Waals surface area (Å²) in [5.41, 5.74) is 0. The fourth-order valence-corrected chi connectivity index (χ4v) is 2.32. The number of likely N-dealkylation sites (tertiary alicyclic amines) is 1. The highest BCUT2D eigenvalue weighted by molar-refractivity contribution is 5.75. The number of nitrogens with zero attached hydrogens (tertiary/aromatic N) is 5. The Morgan fingerprint density at radius 2 is 2.39 bits per heavy atom. The molecule has 100 valence electrons. The molecule has 1 fully saturated rings. The lowest BCUT2D eigenvalue weighted by molar-refractivity contribution is -0.146. The van der Waals surface area contributed by atoms with E-state index < -0.39 is 0 Å². The molecule has 2 heterocycles. The number of tetrazole rings is 1. The van der Waals surface area contributed by atoms with Crippen LogP contribution in [-0.4, -0.2) is 50.8 Å². The molecule has 0 bridgehead atoms. The van der Waals surface area contributed by atoms with Crippen LogP contribution in [0.15, 0.2) is 0 Å². The summed E-state index contributed by atoms with van der Waals surface area (Å²) in [5.74, 6) is 0.648. The first-order valence-electron chi connectivity index (χ1n) is 6.33. The Labute approximate surface area is 106 Å². The molecule has 7 heteroatoms. The maximum absolute atomic E-state index is 11.6.